The molecule has 3 rings (SSSR count). The van der Waals surface area contributed by atoms with Gasteiger partial charge in [-0.15, -0.1) is 0 Å². The Hall–Kier alpha value is -2.00. The third-order valence-corrected chi connectivity index (χ3v) is 3.68. The topological polar surface area (TPSA) is 93.9 Å². The number of morpholine rings is 1. The van der Waals surface area contributed by atoms with Gasteiger partial charge in [0.05, 0.1) is 19.6 Å². The van der Waals surface area contributed by atoms with Crippen LogP contribution in [0, 0.1) is 0 Å². The third kappa shape index (κ3) is 3.80. The number of amides is 1. The highest BCUT2D eigenvalue weighted by Gasteiger charge is 2.31. The van der Waals surface area contributed by atoms with E-state index >= 15 is 0 Å². The Morgan fingerprint density at radius 2 is 2.27 bits per heavy atom. The Bertz CT molecular complexity index is 512. The summed E-state index contributed by atoms with van der Waals surface area (Å²) in [5.74, 6) is -0.158. The monoisotopic (exact) mass is 308 g/mol. The molecule has 1 aromatic heterocycles. The van der Waals surface area contributed by atoms with Gasteiger partial charge in [0.25, 0.3) is 5.91 Å². The molecule has 1 atom stereocenters. The molecule has 1 N–H and O–H groups in total. The average Bonchev–Trinajstić information content (AvgIpc) is 3.24. The van der Waals surface area contributed by atoms with Crippen LogP contribution in [0.2, 0.25) is 0 Å². The lowest BCUT2D eigenvalue weighted by molar-refractivity contribution is -0.114. The molecule has 9 nitrogen and oxygen atoms in total. The minimum atomic E-state index is -0.158. The van der Waals surface area contributed by atoms with Gasteiger partial charge < -0.3 is 14.9 Å². The van der Waals surface area contributed by atoms with Crippen LogP contribution in [0.1, 0.15) is 12.8 Å². The zero-order chi connectivity index (χ0) is 15.2. The van der Waals surface area contributed by atoms with Crippen LogP contribution in [-0.4, -0.2) is 70.4 Å². The molecule has 0 bridgehead atoms. The number of aryl methyl sites for hydroxylation is 1. The fraction of sp³-hybridized carbons (Fsp3) is 0.692. The van der Waals surface area contributed by atoms with Gasteiger partial charge >= 0.3 is 0 Å². The van der Waals surface area contributed by atoms with Gasteiger partial charge in [-0.05, 0) is 6.42 Å². The summed E-state index contributed by atoms with van der Waals surface area (Å²) >= 11 is 0. The highest BCUT2D eigenvalue weighted by atomic mass is 16.7. The molecule has 0 saturated carbocycles. The van der Waals surface area contributed by atoms with E-state index in [1.807, 2.05) is 0 Å². The van der Waals surface area contributed by atoms with E-state index in [0.29, 0.717) is 31.9 Å². The number of ether oxygens (including phenoxy) is 1. The van der Waals surface area contributed by atoms with E-state index in [0.717, 1.165) is 26.1 Å². The Morgan fingerprint density at radius 1 is 1.41 bits per heavy atom. The lowest BCUT2D eigenvalue weighted by Gasteiger charge is -2.29. The smallest absolute Gasteiger partial charge is 0.269 e. The van der Waals surface area contributed by atoms with Crippen molar-refractivity contribution < 1.29 is 14.4 Å². The molecule has 0 spiro atoms. The first kappa shape index (κ1) is 14.9. The first-order valence-corrected chi connectivity index (χ1v) is 7.48. The molecule has 1 unspecified atom stereocenters. The average molecular weight is 308 g/mol. The van der Waals surface area contributed by atoms with E-state index in [1.54, 1.807) is 11.0 Å². The predicted molar refractivity (Wildman–Crippen MR) is 77.0 cm³/mol. The molecule has 120 valence electrons. The summed E-state index contributed by atoms with van der Waals surface area (Å²) < 4.78 is 7.04. The number of carbonyl (C=O) groups excluding carboxylic acids is 1. The van der Waals surface area contributed by atoms with Gasteiger partial charge in [0.2, 0.25) is 0 Å². The summed E-state index contributed by atoms with van der Waals surface area (Å²) in [6.07, 6.45) is 4.32. The predicted octanol–water partition coefficient (Wildman–Crippen LogP) is -0.781. The van der Waals surface area contributed by atoms with Crippen LogP contribution in [0.3, 0.4) is 0 Å². The molecule has 1 amide bonds. The van der Waals surface area contributed by atoms with Crippen molar-refractivity contribution in [2.45, 2.75) is 25.6 Å². The molecular formula is C13H20N6O3. The quantitative estimate of drug-likeness (QED) is 0.693. The number of nitrogens with zero attached hydrogens (tertiary/aromatic N) is 5. The summed E-state index contributed by atoms with van der Waals surface area (Å²) in [5, 5.41) is 10.8. The minimum absolute atomic E-state index is 0.139. The Balaban J connectivity index is 1.36. The van der Waals surface area contributed by atoms with Crippen LogP contribution >= 0.6 is 0 Å². The first-order chi connectivity index (χ1) is 10.8. The largest absolute Gasteiger partial charge is 0.379 e. The molecule has 22 heavy (non-hydrogen) atoms. The van der Waals surface area contributed by atoms with E-state index in [9.17, 15) is 4.79 Å². The molecule has 3 heterocycles. The molecular weight excluding hydrogens is 288 g/mol. The van der Waals surface area contributed by atoms with Crippen molar-refractivity contribution in [2.24, 2.45) is 5.16 Å². The van der Waals surface area contributed by atoms with Gasteiger partial charge in [-0.3, -0.25) is 14.4 Å². The van der Waals surface area contributed by atoms with Crippen molar-refractivity contribution in [3.63, 3.8) is 0 Å². The SMILES string of the molecule is O=C(NCCCn1cncn1)C1=NOC(N2CCOCC2)C1. The molecule has 1 fully saturated rings. The fourth-order valence-corrected chi connectivity index (χ4v) is 2.45. The number of rotatable bonds is 6. The highest BCUT2D eigenvalue weighted by molar-refractivity contribution is 6.39. The Labute approximate surface area is 128 Å². The van der Waals surface area contributed by atoms with Gasteiger partial charge in [0, 0.05) is 26.2 Å². The van der Waals surface area contributed by atoms with Gasteiger partial charge in [0.15, 0.2) is 6.23 Å². The van der Waals surface area contributed by atoms with Crippen molar-refractivity contribution in [3.8, 4) is 0 Å². The van der Waals surface area contributed by atoms with Gasteiger partial charge in [0.1, 0.15) is 18.4 Å². The zero-order valence-electron chi connectivity index (χ0n) is 12.3. The molecule has 0 aliphatic carbocycles. The maximum absolute atomic E-state index is 12.0. The van der Waals surface area contributed by atoms with Crippen molar-refractivity contribution in [2.75, 3.05) is 32.8 Å². The lowest BCUT2D eigenvalue weighted by atomic mass is 10.2. The summed E-state index contributed by atoms with van der Waals surface area (Å²) in [5.41, 5.74) is 0.456. The van der Waals surface area contributed by atoms with Crippen molar-refractivity contribution >= 4 is 11.6 Å². The van der Waals surface area contributed by atoms with Gasteiger partial charge in [-0.1, -0.05) is 5.16 Å². The number of hydrogen-bond acceptors (Lipinski definition) is 7. The van der Waals surface area contributed by atoms with Crippen molar-refractivity contribution in [1.29, 1.82) is 0 Å². The molecule has 2 aliphatic heterocycles. The summed E-state index contributed by atoms with van der Waals surface area (Å²) in [6, 6.07) is 0. The van der Waals surface area contributed by atoms with Crippen molar-refractivity contribution in [3.05, 3.63) is 12.7 Å². The number of nitrogens with one attached hydrogen (secondary N) is 1. The molecule has 0 radical (unpaired) electrons. The maximum atomic E-state index is 12.0. The van der Waals surface area contributed by atoms with Gasteiger partial charge in [-0.25, -0.2) is 4.98 Å². The van der Waals surface area contributed by atoms with Crippen LogP contribution in [0.25, 0.3) is 0 Å². The molecule has 0 aromatic carbocycles. The number of carbonyl (C=O) groups is 1. The Morgan fingerprint density at radius 3 is 3.05 bits per heavy atom. The summed E-state index contributed by atoms with van der Waals surface area (Å²) in [4.78, 5) is 23.4. The lowest BCUT2D eigenvalue weighted by Crippen LogP contribution is -2.44. The van der Waals surface area contributed by atoms with Crippen LogP contribution in [0.15, 0.2) is 17.8 Å². The number of oxime groups is 1. The maximum Gasteiger partial charge on any atom is 0.269 e. The van der Waals surface area contributed by atoms with E-state index in [-0.39, 0.29) is 12.1 Å². The summed E-state index contributed by atoms with van der Waals surface area (Å²) in [6.45, 7) is 4.31. The van der Waals surface area contributed by atoms with Gasteiger partial charge in [-0.2, -0.15) is 5.10 Å². The second kappa shape index (κ2) is 7.32. The second-order valence-electron chi connectivity index (χ2n) is 5.22. The highest BCUT2D eigenvalue weighted by Crippen LogP contribution is 2.16. The second-order valence-corrected chi connectivity index (χ2v) is 5.22. The van der Waals surface area contributed by atoms with Crippen LogP contribution in [-0.2, 0) is 20.9 Å². The zero-order valence-corrected chi connectivity index (χ0v) is 12.3. The van der Waals surface area contributed by atoms with Crippen LogP contribution in [0.4, 0.5) is 0 Å². The Kier molecular flexibility index (Phi) is 4.96. The van der Waals surface area contributed by atoms with E-state index < -0.39 is 0 Å². The summed E-state index contributed by atoms with van der Waals surface area (Å²) in [7, 11) is 0. The first-order valence-electron chi connectivity index (χ1n) is 7.48. The number of aromatic nitrogens is 3. The molecule has 9 heteroatoms. The standard InChI is InChI=1S/C13H20N6O3/c20-13(15-2-1-3-19-10-14-9-16-19)11-8-12(22-17-11)18-4-6-21-7-5-18/h9-10,12H,1-8H2,(H,15,20). The van der Waals surface area contributed by atoms with E-state index in [4.69, 9.17) is 9.57 Å². The molecule has 2 aliphatic rings. The fourth-order valence-electron chi connectivity index (χ4n) is 2.45. The normalized spacial score (nSPS) is 22.2. The van der Waals surface area contributed by atoms with Crippen LogP contribution < -0.4 is 5.32 Å². The molecule has 1 aromatic rings. The third-order valence-electron chi connectivity index (χ3n) is 3.68. The van der Waals surface area contributed by atoms with E-state index in [2.05, 4.69) is 25.5 Å². The number of hydrogen-bond donors (Lipinski definition) is 1. The van der Waals surface area contributed by atoms with Crippen LogP contribution in [0.5, 0.6) is 0 Å². The minimum Gasteiger partial charge on any atom is -0.379 e. The molecule has 1 saturated heterocycles. The van der Waals surface area contributed by atoms with Crippen molar-refractivity contribution in [1.82, 2.24) is 25.0 Å². The van der Waals surface area contributed by atoms with E-state index in [1.165, 1.54) is 6.33 Å².